The lowest BCUT2D eigenvalue weighted by Gasteiger charge is -2.07. The minimum absolute atomic E-state index is 0.0381. The van der Waals surface area contributed by atoms with Gasteiger partial charge in [0.2, 0.25) is 0 Å². The molecule has 0 radical (unpaired) electrons. The Balaban J connectivity index is 1.93. The number of halogens is 1. The molecule has 1 N–H and O–H groups in total. The van der Waals surface area contributed by atoms with Crippen molar-refractivity contribution < 1.29 is 14.5 Å². The second-order valence-corrected chi connectivity index (χ2v) is 5.49. The van der Waals surface area contributed by atoms with Gasteiger partial charge in [0, 0.05) is 11.1 Å². The van der Waals surface area contributed by atoms with E-state index in [0.29, 0.717) is 11.4 Å². The van der Waals surface area contributed by atoms with Gasteiger partial charge in [-0.1, -0.05) is 36.7 Å². The van der Waals surface area contributed by atoms with E-state index in [4.69, 9.17) is 16.3 Å². The first-order valence-electron chi connectivity index (χ1n) is 7.47. The van der Waals surface area contributed by atoms with Crippen LogP contribution in [0.15, 0.2) is 47.6 Å². The van der Waals surface area contributed by atoms with E-state index < -0.39 is 10.8 Å². The maximum Gasteiger partial charge on any atom is 0.311 e. The summed E-state index contributed by atoms with van der Waals surface area (Å²) in [7, 11) is 0. The van der Waals surface area contributed by atoms with Crippen LogP contribution in [0, 0.1) is 10.1 Å². The number of carbonyl (C=O) groups excluding carboxylic acids is 1. The molecule has 2 rings (SSSR count). The highest BCUT2D eigenvalue weighted by Gasteiger charge is 2.16. The highest BCUT2D eigenvalue weighted by molar-refractivity contribution is 6.30. The fourth-order valence-electron chi connectivity index (χ4n) is 1.99. The van der Waals surface area contributed by atoms with Gasteiger partial charge in [-0.3, -0.25) is 14.9 Å². The lowest BCUT2D eigenvalue weighted by molar-refractivity contribution is -0.385. The van der Waals surface area contributed by atoms with Gasteiger partial charge >= 0.3 is 5.69 Å². The topological polar surface area (TPSA) is 93.8 Å². The van der Waals surface area contributed by atoms with Crippen LogP contribution in [-0.2, 0) is 11.2 Å². The van der Waals surface area contributed by atoms with Crippen LogP contribution in [0.4, 0.5) is 5.69 Å². The molecule has 0 aliphatic heterocycles. The molecule has 0 saturated carbocycles. The van der Waals surface area contributed by atoms with Gasteiger partial charge < -0.3 is 4.74 Å². The fourth-order valence-corrected chi connectivity index (χ4v) is 2.19. The lowest BCUT2D eigenvalue weighted by atomic mass is 10.1. The van der Waals surface area contributed by atoms with Crippen LogP contribution in [0.1, 0.15) is 18.1 Å². The number of benzene rings is 2. The largest absolute Gasteiger partial charge is 0.477 e. The first-order chi connectivity index (χ1) is 12.0. The summed E-state index contributed by atoms with van der Waals surface area (Å²) in [6.45, 7) is 1.50. The van der Waals surface area contributed by atoms with E-state index in [9.17, 15) is 14.9 Å². The Morgan fingerprint density at radius 2 is 2.16 bits per heavy atom. The molecular weight excluding hydrogens is 346 g/mol. The zero-order chi connectivity index (χ0) is 18.2. The minimum atomic E-state index is -0.538. The third-order valence-corrected chi connectivity index (χ3v) is 3.47. The molecule has 0 spiro atoms. The molecule has 2 aromatic rings. The third-order valence-electron chi connectivity index (χ3n) is 3.24. The van der Waals surface area contributed by atoms with Gasteiger partial charge in [-0.15, -0.1) is 0 Å². The summed E-state index contributed by atoms with van der Waals surface area (Å²) in [5.74, 6) is -0.497. The molecule has 0 aromatic heterocycles. The van der Waals surface area contributed by atoms with Crippen molar-refractivity contribution >= 4 is 29.4 Å². The van der Waals surface area contributed by atoms with Crippen molar-refractivity contribution in [3.8, 4) is 5.75 Å². The average molecular weight is 362 g/mol. The molecule has 0 aliphatic rings. The molecule has 0 heterocycles. The van der Waals surface area contributed by atoms with Crippen molar-refractivity contribution in [3.63, 3.8) is 0 Å². The van der Waals surface area contributed by atoms with Crippen LogP contribution in [0.3, 0.4) is 0 Å². The van der Waals surface area contributed by atoms with E-state index in [1.165, 1.54) is 18.3 Å². The van der Waals surface area contributed by atoms with E-state index in [-0.39, 0.29) is 18.0 Å². The van der Waals surface area contributed by atoms with Crippen LogP contribution in [0.2, 0.25) is 5.02 Å². The zero-order valence-electron chi connectivity index (χ0n) is 13.4. The predicted octanol–water partition coefficient (Wildman–Crippen LogP) is 3.34. The van der Waals surface area contributed by atoms with Gasteiger partial charge in [-0.05, 0) is 35.7 Å². The SMILES string of the molecule is CCc1ccc(OCC(=O)N/N=C\c2cccc(Cl)c2)c([N+](=O)[O-])c1. The molecule has 7 nitrogen and oxygen atoms in total. The standard InChI is InChI=1S/C17H16ClN3O4/c1-2-12-6-7-16(15(9-12)21(23)24)25-11-17(22)20-19-10-13-4-3-5-14(18)8-13/h3-10H,2,11H2,1H3,(H,20,22)/b19-10-. The molecule has 0 atom stereocenters. The van der Waals surface area contributed by atoms with E-state index in [0.717, 1.165) is 11.1 Å². The van der Waals surface area contributed by atoms with Crippen LogP contribution in [0.5, 0.6) is 5.75 Å². The molecule has 1 amide bonds. The van der Waals surface area contributed by atoms with Crippen LogP contribution < -0.4 is 10.2 Å². The van der Waals surface area contributed by atoms with Crippen molar-refractivity contribution in [1.82, 2.24) is 5.43 Å². The van der Waals surface area contributed by atoms with Gasteiger partial charge in [-0.25, -0.2) is 5.43 Å². The summed E-state index contributed by atoms with van der Waals surface area (Å²) in [5.41, 5.74) is 3.65. The summed E-state index contributed by atoms with van der Waals surface area (Å²) in [6.07, 6.45) is 2.10. The molecule has 2 aromatic carbocycles. The smallest absolute Gasteiger partial charge is 0.311 e. The summed E-state index contributed by atoms with van der Waals surface area (Å²) in [6, 6.07) is 11.6. The van der Waals surface area contributed by atoms with Crippen molar-refractivity contribution in [1.29, 1.82) is 0 Å². The number of nitro groups is 1. The highest BCUT2D eigenvalue weighted by atomic mass is 35.5. The quantitative estimate of drug-likeness (QED) is 0.465. The van der Waals surface area contributed by atoms with E-state index in [1.807, 2.05) is 6.92 Å². The first-order valence-corrected chi connectivity index (χ1v) is 7.85. The van der Waals surface area contributed by atoms with Crippen molar-refractivity contribution in [2.24, 2.45) is 5.10 Å². The van der Waals surface area contributed by atoms with Gasteiger partial charge in [0.1, 0.15) is 0 Å². The first kappa shape index (κ1) is 18.4. The molecule has 130 valence electrons. The van der Waals surface area contributed by atoms with Crippen molar-refractivity contribution in [2.75, 3.05) is 6.61 Å². The number of nitrogens with zero attached hydrogens (tertiary/aromatic N) is 2. The predicted molar refractivity (Wildman–Crippen MR) is 95.2 cm³/mol. The summed E-state index contributed by atoms with van der Waals surface area (Å²) in [4.78, 5) is 22.3. The molecule has 0 unspecified atom stereocenters. The Bertz CT molecular complexity index is 808. The number of hydrazone groups is 1. The molecule has 0 saturated heterocycles. The van der Waals surface area contributed by atoms with Gasteiger partial charge in [-0.2, -0.15) is 5.10 Å². The summed E-state index contributed by atoms with van der Waals surface area (Å²) in [5, 5.41) is 15.4. The highest BCUT2D eigenvalue weighted by Crippen LogP contribution is 2.28. The molecular formula is C17H16ClN3O4. The van der Waals surface area contributed by atoms with E-state index >= 15 is 0 Å². The van der Waals surface area contributed by atoms with E-state index in [2.05, 4.69) is 10.5 Å². The van der Waals surface area contributed by atoms with E-state index in [1.54, 1.807) is 30.3 Å². The Morgan fingerprint density at radius 1 is 1.36 bits per heavy atom. The normalized spacial score (nSPS) is 10.6. The minimum Gasteiger partial charge on any atom is -0.477 e. The molecule has 8 heteroatoms. The zero-order valence-corrected chi connectivity index (χ0v) is 14.2. The number of amides is 1. The number of hydrogen-bond donors (Lipinski definition) is 1. The monoisotopic (exact) mass is 361 g/mol. The van der Waals surface area contributed by atoms with Crippen molar-refractivity contribution in [3.05, 3.63) is 68.7 Å². The second-order valence-electron chi connectivity index (χ2n) is 5.05. The Kier molecular flexibility index (Phi) is 6.47. The number of carbonyl (C=O) groups is 1. The molecule has 0 bridgehead atoms. The third kappa shape index (κ3) is 5.58. The molecule has 0 aliphatic carbocycles. The summed E-state index contributed by atoms with van der Waals surface area (Å²) < 4.78 is 5.23. The Hall–Kier alpha value is -2.93. The number of ether oxygens (including phenoxy) is 1. The summed E-state index contributed by atoms with van der Waals surface area (Å²) >= 11 is 5.84. The lowest BCUT2D eigenvalue weighted by Crippen LogP contribution is -2.24. The number of nitro benzene ring substituents is 1. The maximum atomic E-state index is 11.7. The molecule has 0 fully saturated rings. The Morgan fingerprint density at radius 3 is 2.84 bits per heavy atom. The molecule has 25 heavy (non-hydrogen) atoms. The number of rotatable bonds is 7. The Labute approximate surface area is 149 Å². The number of hydrogen-bond acceptors (Lipinski definition) is 5. The number of aryl methyl sites for hydroxylation is 1. The van der Waals surface area contributed by atoms with Gasteiger partial charge in [0.15, 0.2) is 12.4 Å². The number of nitrogens with one attached hydrogen (secondary N) is 1. The van der Waals surface area contributed by atoms with Crippen LogP contribution >= 0.6 is 11.6 Å². The van der Waals surface area contributed by atoms with Crippen LogP contribution in [0.25, 0.3) is 0 Å². The van der Waals surface area contributed by atoms with Crippen molar-refractivity contribution in [2.45, 2.75) is 13.3 Å². The average Bonchev–Trinajstić information content (AvgIpc) is 2.59. The van der Waals surface area contributed by atoms with Crippen LogP contribution in [-0.4, -0.2) is 23.7 Å². The van der Waals surface area contributed by atoms with Gasteiger partial charge in [0.25, 0.3) is 5.91 Å². The fraction of sp³-hybridized carbons (Fsp3) is 0.176. The second kappa shape index (κ2) is 8.79. The maximum absolute atomic E-state index is 11.7. The van der Waals surface area contributed by atoms with Gasteiger partial charge in [0.05, 0.1) is 11.1 Å².